The molecular formula is C16H15IO5. The van der Waals surface area contributed by atoms with Crippen molar-refractivity contribution < 1.29 is 23.7 Å². The Morgan fingerprint density at radius 1 is 0.955 bits per heavy atom. The lowest BCUT2D eigenvalue weighted by atomic mass is 10.2. The molecule has 0 bridgehead atoms. The van der Waals surface area contributed by atoms with E-state index in [4.69, 9.17) is 18.9 Å². The third-order valence-electron chi connectivity index (χ3n) is 2.91. The first-order valence-electron chi connectivity index (χ1n) is 6.36. The fourth-order valence-electron chi connectivity index (χ4n) is 1.90. The summed E-state index contributed by atoms with van der Waals surface area (Å²) in [6.07, 6.45) is 0. The predicted molar refractivity (Wildman–Crippen MR) is 90.2 cm³/mol. The number of esters is 1. The molecule has 0 fully saturated rings. The van der Waals surface area contributed by atoms with Crippen molar-refractivity contribution in [1.82, 2.24) is 0 Å². The second-order valence-corrected chi connectivity index (χ2v) is 5.51. The van der Waals surface area contributed by atoms with Gasteiger partial charge >= 0.3 is 5.97 Å². The van der Waals surface area contributed by atoms with Crippen LogP contribution in [-0.2, 0) is 0 Å². The van der Waals surface area contributed by atoms with Gasteiger partial charge in [-0.25, -0.2) is 4.79 Å². The first-order chi connectivity index (χ1) is 10.6. The van der Waals surface area contributed by atoms with E-state index in [1.807, 2.05) is 12.1 Å². The van der Waals surface area contributed by atoms with Crippen molar-refractivity contribution in [1.29, 1.82) is 0 Å². The Balaban J connectivity index is 2.33. The SMILES string of the molecule is COc1cc(C(=O)Oc2cccc(I)c2)cc(OC)c1OC. The summed E-state index contributed by atoms with van der Waals surface area (Å²) >= 11 is 2.15. The van der Waals surface area contributed by atoms with E-state index in [2.05, 4.69) is 22.6 Å². The fraction of sp³-hybridized carbons (Fsp3) is 0.188. The normalized spacial score (nSPS) is 10.0. The van der Waals surface area contributed by atoms with Gasteiger partial charge in [0, 0.05) is 3.57 Å². The molecule has 2 rings (SSSR count). The van der Waals surface area contributed by atoms with Crippen LogP contribution in [0.5, 0.6) is 23.0 Å². The Morgan fingerprint density at radius 2 is 1.59 bits per heavy atom. The second-order valence-electron chi connectivity index (χ2n) is 4.26. The summed E-state index contributed by atoms with van der Waals surface area (Å²) in [6.45, 7) is 0. The molecule has 0 amide bonds. The highest BCUT2D eigenvalue weighted by Gasteiger charge is 2.18. The van der Waals surface area contributed by atoms with Gasteiger partial charge < -0.3 is 18.9 Å². The van der Waals surface area contributed by atoms with Crippen molar-refractivity contribution in [2.24, 2.45) is 0 Å². The molecule has 0 spiro atoms. The Kier molecular flexibility index (Phi) is 5.48. The summed E-state index contributed by atoms with van der Waals surface area (Å²) in [4.78, 5) is 12.3. The van der Waals surface area contributed by atoms with E-state index in [1.165, 1.54) is 21.3 Å². The van der Waals surface area contributed by atoms with Crippen LogP contribution in [-0.4, -0.2) is 27.3 Å². The number of benzene rings is 2. The smallest absolute Gasteiger partial charge is 0.343 e. The molecule has 0 N–H and O–H groups in total. The Hall–Kier alpha value is -1.96. The molecule has 2 aromatic carbocycles. The lowest BCUT2D eigenvalue weighted by Crippen LogP contribution is -2.09. The molecule has 0 aliphatic carbocycles. The van der Waals surface area contributed by atoms with Gasteiger partial charge in [-0.1, -0.05) is 6.07 Å². The average molecular weight is 414 g/mol. The number of hydrogen-bond donors (Lipinski definition) is 0. The van der Waals surface area contributed by atoms with Gasteiger partial charge in [-0.05, 0) is 52.9 Å². The minimum Gasteiger partial charge on any atom is -0.493 e. The zero-order chi connectivity index (χ0) is 16.1. The Labute approximate surface area is 142 Å². The minimum atomic E-state index is -0.499. The van der Waals surface area contributed by atoms with Crippen LogP contribution in [0.4, 0.5) is 0 Å². The Morgan fingerprint density at radius 3 is 2.09 bits per heavy atom. The van der Waals surface area contributed by atoms with Crippen LogP contribution in [0.25, 0.3) is 0 Å². The largest absolute Gasteiger partial charge is 0.493 e. The summed E-state index contributed by atoms with van der Waals surface area (Å²) in [5.74, 6) is 1.20. The quantitative estimate of drug-likeness (QED) is 0.426. The molecule has 0 aliphatic rings. The van der Waals surface area contributed by atoms with Gasteiger partial charge in [-0.15, -0.1) is 0 Å². The van der Waals surface area contributed by atoms with Crippen LogP contribution in [0.1, 0.15) is 10.4 Å². The highest BCUT2D eigenvalue weighted by molar-refractivity contribution is 14.1. The van der Waals surface area contributed by atoms with Crippen LogP contribution < -0.4 is 18.9 Å². The van der Waals surface area contributed by atoms with Crippen LogP contribution >= 0.6 is 22.6 Å². The number of hydrogen-bond acceptors (Lipinski definition) is 5. The van der Waals surface area contributed by atoms with Gasteiger partial charge in [-0.3, -0.25) is 0 Å². The maximum absolute atomic E-state index is 12.3. The molecule has 22 heavy (non-hydrogen) atoms. The number of halogens is 1. The monoisotopic (exact) mass is 414 g/mol. The molecular weight excluding hydrogens is 399 g/mol. The molecule has 2 aromatic rings. The van der Waals surface area contributed by atoms with Crippen LogP contribution in [0.15, 0.2) is 36.4 Å². The van der Waals surface area contributed by atoms with Crippen molar-refractivity contribution in [2.45, 2.75) is 0 Å². The van der Waals surface area contributed by atoms with E-state index in [-0.39, 0.29) is 0 Å². The minimum absolute atomic E-state index is 0.313. The molecule has 0 aromatic heterocycles. The summed E-state index contributed by atoms with van der Waals surface area (Å²) in [7, 11) is 4.49. The van der Waals surface area contributed by atoms with E-state index >= 15 is 0 Å². The lowest BCUT2D eigenvalue weighted by Gasteiger charge is -2.13. The van der Waals surface area contributed by atoms with Gasteiger partial charge in [0.2, 0.25) is 5.75 Å². The van der Waals surface area contributed by atoms with E-state index in [9.17, 15) is 4.79 Å². The number of rotatable bonds is 5. The van der Waals surface area contributed by atoms with Gasteiger partial charge in [0.05, 0.1) is 26.9 Å². The molecule has 6 heteroatoms. The Bertz CT molecular complexity index is 659. The van der Waals surface area contributed by atoms with Crippen molar-refractivity contribution >= 4 is 28.6 Å². The molecule has 116 valence electrons. The van der Waals surface area contributed by atoms with E-state index < -0.39 is 5.97 Å². The zero-order valence-electron chi connectivity index (χ0n) is 12.4. The van der Waals surface area contributed by atoms with Crippen LogP contribution in [0, 0.1) is 3.57 Å². The zero-order valence-corrected chi connectivity index (χ0v) is 14.5. The van der Waals surface area contributed by atoms with Gasteiger partial charge in [0.15, 0.2) is 11.5 Å². The predicted octanol–water partition coefficient (Wildman–Crippen LogP) is 3.54. The first-order valence-corrected chi connectivity index (χ1v) is 7.44. The highest BCUT2D eigenvalue weighted by Crippen LogP contribution is 2.38. The third kappa shape index (κ3) is 3.62. The lowest BCUT2D eigenvalue weighted by molar-refractivity contribution is 0.0733. The van der Waals surface area contributed by atoms with Crippen molar-refractivity contribution in [2.75, 3.05) is 21.3 Å². The molecule has 5 nitrogen and oxygen atoms in total. The maximum atomic E-state index is 12.3. The maximum Gasteiger partial charge on any atom is 0.343 e. The summed E-state index contributed by atoms with van der Waals surface area (Å²) in [5, 5.41) is 0. The molecule has 0 aliphatic heterocycles. The van der Waals surface area contributed by atoms with Gasteiger partial charge in [0.1, 0.15) is 5.75 Å². The molecule has 0 radical (unpaired) electrons. The number of ether oxygens (including phenoxy) is 4. The van der Waals surface area contributed by atoms with Crippen LogP contribution in [0.2, 0.25) is 0 Å². The van der Waals surface area contributed by atoms with Crippen molar-refractivity contribution in [3.8, 4) is 23.0 Å². The third-order valence-corrected chi connectivity index (χ3v) is 3.58. The van der Waals surface area contributed by atoms with Gasteiger partial charge in [0.25, 0.3) is 0 Å². The average Bonchev–Trinajstić information content (AvgIpc) is 2.53. The fourth-order valence-corrected chi connectivity index (χ4v) is 2.41. The number of methoxy groups -OCH3 is 3. The summed E-state index contributed by atoms with van der Waals surface area (Å²) in [6, 6.07) is 10.3. The molecule has 0 heterocycles. The number of carbonyl (C=O) groups excluding carboxylic acids is 1. The second kappa shape index (κ2) is 7.35. The van der Waals surface area contributed by atoms with Gasteiger partial charge in [-0.2, -0.15) is 0 Å². The van der Waals surface area contributed by atoms with Crippen molar-refractivity contribution in [3.05, 3.63) is 45.5 Å². The molecule has 0 saturated heterocycles. The highest BCUT2D eigenvalue weighted by atomic mass is 127. The summed E-state index contributed by atoms with van der Waals surface area (Å²) in [5.41, 5.74) is 0.313. The molecule has 0 saturated carbocycles. The van der Waals surface area contributed by atoms with Crippen LogP contribution in [0.3, 0.4) is 0 Å². The van der Waals surface area contributed by atoms with Crippen molar-refractivity contribution in [3.63, 3.8) is 0 Å². The topological polar surface area (TPSA) is 54.0 Å². The summed E-state index contributed by atoms with van der Waals surface area (Å²) < 4.78 is 22.0. The molecule has 0 unspecified atom stereocenters. The standard InChI is InChI=1S/C16H15IO5/c1-19-13-7-10(8-14(20-2)15(13)21-3)16(18)22-12-6-4-5-11(17)9-12/h4-9H,1-3H3. The molecule has 0 atom stereocenters. The van der Waals surface area contributed by atoms with E-state index in [0.717, 1.165) is 3.57 Å². The number of carbonyl (C=O) groups is 1. The first kappa shape index (κ1) is 16.4. The van der Waals surface area contributed by atoms with E-state index in [1.54, 1.807) is 24.3 Å². The van der Waals surface area contributed by atoms with E-state index in [0.29, 0.717) is 28.6 Å².